The van der Waals surface area contributed by atoms with Gasteiger partial charge in [0.05, 0.1) is 16.1 Å². The number of anilines is 3. The SMILES string of the molecule is CC(C)N(C)c1ccc(Nc2ncnc3ccc(S(C)(=O)=O)cc23)cc1F. The molecule has 3 rings (SSSR count). The van der Waals surface area contributed by atoms with Crippen molar-refractivity contribution in [1.29, 1.82) is 0 Å². The highest BCUT2D eigenvalue weighted by molar-refractivity contribution is 7.90. The minimum absolute atomic E-state index is 0.165. The zero-order valence-corrected chi connectivity index (χ0v) is 16.4. The van der Waals surface area contributed by atoms with Gasteiger partial charge < -0.3 is 10.2 Å². The molecule has 1 N–H and O–H groups in total. The number of hydrogen-bond acceptors (Lipinski definition) is 6. The van der Waals surface area contributed by atoms with Crippen LogP contribution in [0.2, 0.25) is 0 Å². The molecule has 6 nitrogen and oxygen atoms in total. The van der Waals surface area contributed by atoms with Crippen LogP contribution in [0, 0.1) is 5.82 Å². The highest BCUT2D eigenvalue weighted by Crippen LogP contribution is 2.28. The van der Waals surface area contributed by atoms with Gasteiger partial charge in [-0.3, -0.25) is 0 Å². The monoisotopic (exact) mass is 388 g/mol. The smallest absolute Gasteiger partial charge is 0.175 e. The van der Waals surface area contributed by atoms with E-state index in [0.29, 0.717) is 28.1 Å². The fourth-order valence-electron chi connectivity index (χ4n) is 2.65. The molecule has 0 aliphatic carbocycles. The van der Waals surface area contributed by atoms with Crippen LogP contribution in [0.4, 0.5) is 21.6 Å². The van der Waals surface area contributed by atoms with Gasteiger partial charge in [0.2, 0.25) is 0 Å². The van der Waals surface area contributed by atoms with Gasteiger partial charge in [0, 0.05) is 30.4 Å². The van der Waals surface area contributed by atoms with E-state index in [9.17, 15) is 12.8 Å². The van der Waals surface area contributed by atoms with Crippen LogP contribution in [0.1, 0.15) is 13.8 Å². The molecule has 0 saturated carbocycles. The van der Waals surface area contributed by atoms with Crippen molar-refractivity contribution in [1.82, 2.24) is 9.97 Å². The Labute approximate surface area is 158 Å². The molecule has 0 spiro atoms. The molecule has 1 heterocycles. The summed E-state index contributed by atoms with van der Waals surface area (Å²) < 4.78 is 38.2. The molecule has 0 radical (unpaired) electrons. The molecule has 1 aromatic heterocycles. The van der Waals surface area contributed by atoms with E-state index in [0.717, 1.165) is 6.26 Å². The molecular formula is C19H21FN4O2S. The topological polar surface area (TPSA) is 75.2 Å². The van der Waals surface area contributed by atoms with Gasteiger partial charge in [0.1, 0.15) is 18.0 Å². The highest BCUT2D eigenvalue weighted by atomic mass is 32.2. The third-order valence-electron chi connectivity index (χ3n) is 4.40. The molecule has 8 heteroatoms. The van der Waals surface area contributed by atoms with E-state index in [1.165, 1.54) is 24.5 Å². The third kappa shape index (κ3) is 4.00. The van der Waals surface area contributed by atoms with E-state index < -0.39 is 9.84 Å². The number of fused-ring (bicyclic) bond motifs is 1. The fourth-order valence-corrected chi connectivity index (χ4v) is 3.30. The largest absolute Gasteiger partial charge is 0.370 e. The zero-order chi connectivity index (χ0) is 19.8. The van der Waals surface area contributed by atoms with Gasteiger partial charge in [0.15, 0.2) is 9.84 Å². The predicted molar refractivity (Wildman–Crippen MR) is 106 cm³/mol. The van der Waals surface area contributed by atoms with Crippen LogP contribution >= 0.6 is 0 Å². The lowest BCUT2D eigenvalue weighted by Crippen LogP contribution is -2.26. The van der Waals surface area contributed by atoms with E-state index in [2.05, 4.69) is 15.3 Å². The molecule has 2 aromatic carbocycles. The maximum atomic E-state index is 14.5. The Kier molecular flexibility index (Phi) is 5.01. The first-order valence-corrected chi connectivity index (χ1v) is 10.3. The van der Waals surface area contributed by atoms with Crippen molar-refractivity contribution in [3.05, 3.63) is 48.5 Å². The number of aromatic nitrogens is 2. The van der Waals surface area contributed by atoms with Gasteiger partial charge in [-0.05, 0) is 50.2 Å². The molecule has 0 amide bonds. The van der Waals surface area contributed by atoms with Crippen molar-refractivity contribution < 1.29 is 12.8 Å². The summed E-state index contributed by atoms with van der Waals surface area (Å²) in [5.74, 6) is 0.0567. The summed E-state index contributed by atoms with van der Waals surface area (Å²) in [6.07, 6.45) is 2.52. The third-order valence-corrected chi connectivity index (χ3v) is 5.51. The molecular weight excluding hydrogens is 367 g/mol. The van der Waals surface area contributed by atoms with Crippen molar-refractivity contribution in [2.45, 2.75) is 24.8 Å². The van der Waals surface area contributed by atoms with Crippen LogP contribution < -0.4 is 10.2 Å². The van der Waals surface area contributed by atoms with Crippen LogP contribution in [-0.2, 0) is 9.84 Å². The lowest BCUT2D eigenvalue weighted by Gasteiger charge is -2.24. The van der Waals surface area contributed by atoms with Crippen LogP contribution in [-0.4, -0.2) is 37.7 Å². The minimum atomic E-state index is -3.36. The summed E-state index contributed by atoms with van der Waals surface area (Å²) in [5.41, 5.74) is 1.61. The fraction of sp³-hybridized carbons (Fsp3) is 0.263. The average Bonchev–Trinajstić information content (AvgIpc) is 2.60. The second-order valence-electron chi connectivity index (χ2n) is 6.67. The van der Waals surface area contributed by atoms with E-state index in [4.69, 9.17) is 0 Å². The Hall–Kier alpha value is -2.74. The molecule has 0 bridgehead atoms. The van der Waals surface area contributed by atoms with E-state index in [1.54, 1.807) is 18.2 Å². The number of sulfone groups is 1. The Morgan fingerprint density at radius 2 is 1.85 bits per heavy atom. The Morgan fingerprint density at radius 3 is 2.48 bits per heavy atom. The summed E-state index contributed by atoms with van der Waals surface area (Å²) in [5, 5.41) is 3.60. The minimum Gasteiger partial charge on any atom is -0.370 e. The maximum Gasteiger partial charge on any atom is 0.175 e. The average molecular weight is 388 g/mol. The lowest BCUT2D eigenvalue weighted by molar-refractivity contribution is 0.602. The Morgan fingerprint density at radius 1 is 1.11 bits per heavy atom. The molecule has 27 heavy (non-hydrogen) atoms. The molecule has 3 aromatic rings. The van der Waals surface area contributed by atoms with Gasteiger partial charge >= 0.3 is 0 Å². The number of halogens is 1. The quantitative estimate of drug-likeness (QED) is 0.717. The summed E-state index contributed by atoms with van der Waals surface area (Å²) in [4.78, 5) is 10.4. The van der Waals surface area contributed by atoms with E-state index in [-0.39, 0.29) is 16.8 Å². The number of benzene rings is 2. The summed E-state index contributed by atoms with van der Waals surface area (Å²) >= 11 is 0. The summed E-state index contributed by atoms with van der Waals surface area (Å²) in [7, 11) is -1.53. The van der Waals surface area contributed by atoms with Gasteiger partial charge in [-0.15, -0.1) is 0 Å². The first kappa shape index (κ1) is 19.0. The normalized spacial score (nSPS) is 11.8. The Bertz CT molecular complexity index is 1100. The van der Waals surface area contributed by atoms with Gasteiger partial charge in [-0.25, -0.2) is 22.8 Å². The van der Waals surface area contributed by atoms with Crippen LogP contribution in [0.3, 0.4) is 0 Å². The summed E-state index contributed by atoms with van der Waals surface area (Å²) in [6, 6.07) is 9.66. The second kappa shape index (κ2) is 7.11. The first-order valence-electron chi connectivity index (χ1n) is 8.41. The molecule has 0 saturated heterocycles. The van der Waals surface area contributed by atoms with Crippen molar-refractivity contribution in [2.75, 3.05) is 23.5 Å². The van der Waals surface area contributed by atoms with Gasteiger partial charge in [-0.1, -0.05) is 0 Å². The standard InChI is InChI=1S/C19H21FN4O2S/c1-12(2)24(3)18-8-5-13(9-16(18)20)23-19-15-10-14(27(4,25)26)6-7-17(15)21-11-22-19/h5-12H,1-4H3,(H,21,22,23). The second-order valence-corrected chi connectivity index (χ2v) is 8.68. The van der Waals surface area contributed by atoms with Crippen molar-refractivity contribution in [3.63, 3.8) is 0 Å². The first-order chi connectivity index (χ1) is 12.7. The number of nitrogens with one attached hydrogen (secondary N) is 1. The van der Waals surface area contributed by atoms with Crippen LogP contribution in [0.25, 0.3) is 10.9 Å². The number of nitrogens with zero attached hydrogens (tertiary/aromatic N) is 3. The molecule has 0 atom stereocenters. The molecule has 142 valence electrons. The van der Waals surface area contributed by atoms with E-state index >= 15 is 0 Å². The lowest BCUT2D eigenvalue weighted by atomic mass is 10.2. The molecule has 0 aliphatic rings. The predicted octanol–water partition coefficient (Wildman–Crippen LogP) is 3.76. The maximum absolute atomic E-state index is 14.5. The molecule has 0 unspecified atom stereocenters. The number of rotatable bonds is 5. The van der Waals surface area contributed by atoms with Crippen molar-refractivity contribution in [3.8, 4) is 0 Å². The molecule has 0 fully saturated rings. The van der Waals surface area contributed by atoms with Gasteiger partial charge in [-0.2, -0.15) is 0 Å². The van der Waals surface area contributed by atoms with Crippen molar-refractivity contribution >= 4 is 37.9 Å². The van der Waals surface area contributed by atoms with E-state index in [1.807, 2.05) is 25.8 Å². The van der Waals surface area contributed by atoms with Gasteiger partial charge in [0.25, 0.3) is 0 Å². The van der Waals surface area contributed by atoms with Crippen LogP contribution in [0.15, 0.2) is 47.6 Å². The molecule has 0 aliphatic heterocycles. The number of hydrogen-bond donors (Lipinski definition) is 1. The highest BCUT2D eigenvalue weighted by Gasteiger charge is 2.14. The van der Waals surface area contributed by atoms with Crippen molar-refractivity contribution in [2.24, 2.45) is 0 Å². The Balaban J connectivity index is 2.00. The van der Waals surface area contributed by atoms with Crippen LogP contribution in [0.5, 0.6) is 0 Å². The zero-order valence-electron chi connectivity index (χ0n) is 15.6. The summed E-state index contributed by atoms with van der Waals surface area (Å²) in [6.45, 7) is 3.97.